The molecule has 70 valence electrons. The topological polar surface area (TPSA) is 46.5 Å². The third-order valence-corrected chi connectivity index (χ3v) is 1.90. The first-order chi connectivity index (χ1) is 6.06. The SMILES string of the molecule is COc1cc(C)c(O)cc1C(C)=O. The van der Waals surface area contributed by atoms with Crippen LogP contribution in [0.4, 0.5) is 0 Å². The number of hydrogen-bond donors (Lipinski definition) is 1. The summed E-state index contributed by atoms with van der Waals surface area (Å²) in [6.45, 7) is 3.19. The predicted octanol–water partition coefficient (Wildman–Crippen LogP) is 1.91. The van der Waals surface area contributed by atoms with Crippen molar-refractivity contribution < 1.29 is 14.6 Å². The second-order valence-corrected chi connectivity index (χ2v) is 2.90. The molecule has 13 heavy (non-hydrogen) atoms. The summed E-state index contributed by atoms with van der Waals surface area (Å²) in [4.78, 5) is 11.1. The van der Waals surface area contributed by atoms with E-state index >= 15 is 0 Å². The molecule has 0 unspecified atom stereocenters. The number of ketones is 1. The molecule has 0 aliphatic heterocycles. The van der Waals surface area contributed by atoms with Gasteiger partial charge in [0.05, 0.1) is 12.7 Å². The van der Waals surface area contributed by atoms with Gasteiger partial charge in [0.1, 0.15) is 11.5 Å². The highest BCUT2D eigenvalue weighted by molar-refractivity contribution is 5.97. The van der Waals surface area contributed by atoms with E-state index in [2.05, 4.69) is 0 Å². The van der Waals surface area contributed by atoms with Gasteiger partial charge < -0.3 is 9.84 Å². The van der Waals surface area contributed by atoms with E-state index in [1.807, 2.05) is 0 Å². The Labute approximate surface area is 77.0 Å². The summed E-state index contributed by atoms with van der Waals surface area (Å²) in [5.74, 6) is 0.501. The van der Waals surface area contributed by atoms with Gasteiger partial charge in [-0.15, -0.1) is 0 Å². The molecule has 0 spiro atoms. The van der Waals surface area contributed by atoms with E-state index in [1.54, 1.807) is 13.0 Å². The molecule has 0 heterocycles. The van der Waals surface area contributed by atoms with Crippen molar-refractivity contribution in [1.29, 1.82) is 0 Å². The zero-order valence-electron chi connectivity index (χ0n) is 7.92. The molecule has 3 heteroatoms. The molecule has 1 aromatic rings. The summed E-state index contributed by atoms with van der Waals surface area (Å²) in [5.41, 5.74) is 1.10. The average Bonchev–Trinajstić information content (AvgIpc) is 2.08. The van der Waals surface area contributed by atoms with E-state index in [1.165, 1.54) is 20.1 Å². The fourth-order valence-corrected chi connectivity index (χ4v) is 1.11. The number of hydrogen-bond acceptors (Lipinski definition) is 3. The van der Waals surface area contributed by atoms with Crippen molar-refractivity contribution in [3.63, 3.8) is 0 Å². The molecule has 0 fully saturated rings. The van der Waals surface area contributed by atoms with Gasteiger partial charge >= 0.3 is 0 Å². The maximum Gasteiger partial charge on any atom is 0.163 e. The van der Waals surface area contributed by atoms with Gasteiger partial charge in [-0.3, -0.25) is 4.79 Å². The molecule has 0 bridgehead atoms. The third-order valence-electron chi connectivity index (χ3n) is 1.90. The van der Waals surface area contributed by atoms with Crippen LogP contribution in [-0.2, 0) is 0 Å². The van der Waals surface area contributed by atoms with Crippen molar-refractivity contribution in [1.82, 2.24) is 0 Å². The van der Waals surface area contributed by atoms with E-state index in [-0.39, 0.29) is 11.5 Å². The van der Waals surface area contributed by atoms with E-state index in [4.69, 9.17) is 4.74 Å². The standard InChI is InChI=1S/C10H12O3/c1-6-4-10(13-3)8(7(2)11)5-9(6)12/h4-5,12H,1-3H3. The normalized spacial score (nSPS) is 9.77. The van der Waals surface area contributed by atoms with Crippen LogP contribution in [0.3, 0.4) is 0 Å². The van der Waals surface area contributed by atoms with E-state index in [9.17, 15) is 9.90 Å². The van der Waals surface area contributed by atoms with Gasteiger partial charge in [-0.05, 0) is 31.5 Å². The molecule has 0 saturated heterocycles. The second-order valence-electron chi connectivity index (χ2n) is 2.90. The quantitative estimate of drug-likeness (QED) is 0.707. The van der Waals surface area contributed by atoms with Crippen LogP contribution in [0.2, 0.25) is 0 Å². The molecular weight excluding hydrogens is 168 g/mol. The van der Waals surface area contributed by atoms with Crippen molar-refractivity contribution in [3.05, 3.63) is 23.3 Å². The van der Waals surface area contributed by atoms with Crippen LogP contribution in [0.15, 0.2) is 12.1 Å². The molecule has 1 rings (SSSR count). The van der Waals surface area contributed by atoms with Crippen LogP contribution in [0, 0.1) is 6.92 Å². The molecule has 0 atom stereocenters. The molecule has 3 nitrogen and oxygen atoms in total. The molecule has 0 aliphatic rings. The zero-order chi connectivity index (χ0) is 10.0. The largest absolute Gasteiger partial charge is 0.508 e. The Bertz CT molecular complexity index is 342. The monoisotopic (exact) mass is 180 g/mol. The van der Waals surface area contributed by atoms with Crippen molar-refractivity contribution in [2.75, 3.05) is 7.11 Å². The van der Waals surface area contributed by atoms with Crippen LogP contribution in [0.25, 0.3) is 0 Å². The second kappa shape index (κ2) is 3.47. The zero-order valence-corrected chi connectivity index (χ0v) is 7.92. The number of Topliss-reactive ketones (excluding diaryl/α,β-unsaturated/α-hetero) is 1. The lowest BCUT2D eigenvalue weighted by molar-refractivity contribution is 0.101. The van der Waals surface area contributed by atoms with Gasteiger partial charge in [-0.1, -0.05) is 0 Å². The Hall–Kier alpha value is -1.51. The number of phenols is 1. The molecule has 0 saturated carbocycles. The van der Waals surface area contributed by atoms with Crippen molar-refractivity contribution in [2.24, 2.45) is 0 Å². The first kappa shape index (κ1) is 9.58. The Morgan fingerprint density at radius 2 is 2.08 bits per heavy atom. The summed E-state index contributed by atoms with van der Waals surface area (Å²) < 4.78 is 5.01. The number of rotatable bonds is 2. The fourth-order valence-electron chi connectivity index (χ4n) is 1.11. The van der Waals surface area contributed by atoms with Crippen LogP contribution in [0.1, 0.15) is 22.8 Å². The van der Waals surface area contributed by atoms with Gasteiger partial charge in [-0.2, -0.15) is 0 Å². The highest BCUT2D eigenvalue weighted by Crippen LogP contribution is 2.27. The average molecular weight is 180 g/mol. The van der Waals surface area contributed by atoms with E-state index in [0.717, 1.165) is 0 Å². The maximum absolute atomic E-state index is 11.1. The Kier molecular flexibility index (Phi) is 2.56. The molecule has 0 aliphatic carbocycles. The summed E-state index contributed by atoms with van der Waals surface area (Å²) in [6, 6.07) is 3.07. The first-order valence-corrected chi connectivity index (χ1v) is 3.94. The first-order valence-electron chi connectivity index (χ1n) is 3.94. The minimum Gasteiger partial charge on any atom is -0.508 e. The molecule has 1 aromatic carbocycles. The lowest BCUT2D eigenvalue weighted by atomic mass is 10.1. The van der Waals surface area contributed by atoms with Crippen LogP contribution < -0.4 is 4.74 Å². The minimum absolute atomic E-state index is 0.117. The number of ether oxygens (including phenoxy) is 1. The minimum atomic E-state index is -0.118. The lowest BCUT2D eigenvalue weighted by Crippen LogP contribution is -1.97. The van der Waals surface area contributed by atoms with Gasteiger partial charge in [0.2, 0.25) is 0 Å². The Morgan fingerprint density at radius 3 is 2.54 bits per heavy atom. The highest BCUT2D eigenvalue weighted by Gasteiger charge is 2.10. The van der Waals surface area contributed by atoms with Crippen LogP contribution >= 0.6 is 0 Å². The number of aryl methyl sites for hydroxylation is 1. The number of benzene rings is 1. The van der Waals surface area contributed by atoms with Gasteiger partial charge in [0.15, 0.2) is 5.78 Å². The Balaban J connectivity index is 3.33. The van der Waals surface area contributed by atoms with Gasteiger partial charge in [-0.25, -0.2) is 0 Å². The lowest BCUT2D eigenvalue weighted by Gasteiger charge is -2.07. The summed E-state index contributed by atoms with van der Waals surface area (Å²) in [6.07, 6.45) is 0. The molecule has 0 radical (unpaired) electrons. The molecule has 1 N–H and O–H groups in total. The maximum atomic E-state index is 11.1. The van der Waals surface area contributed by atoms with E-state index < -0.39 is 0 Å². The number of methoxy groups -OCH3 is 1. The number of carbonyl (C=O) groups excluding carboxylic acids is 1. The summed E-state index contributed by atoms with van der Waals surface area (Å²) >= 11 is 0. The smallest absolute Gasteiger partial charge is 0.163 e. The summed E-state index contributed by atoms with van der Waals surface area (Å²) in [5, 5.41) is 9.36. The van der Waals surface area contributed by atoms with Crippen LogP contribution in [-0.4, -0.2) is 18.0 Å². The number of carbonyl (C=O) groups is 1. The predicted molar refractivity (Wildman–Crippen MR) is 49.4 cm³/mol. The van der Waals surface area contributed by atoms with E-state index in [0.29, 0.717) is 16.9 Å². The third kappa shape index (κ3) is 1.80. The number of phenolic OH excluding ortho intramolecular Hbond substituents is 1. The van der Waals surface area contributed by atoms with Crippen molar-refractivity contribution in [3.8, 4) is 11.5 Å². The Morgan fingerprint density at radius 1 is 1.46 bits per heavy atom. The summed E-state index contributed by atoms with van der Waals surface area (Å²) in [7, 11) is 1.50. The highest BCUT2D eigenvalue weighted by atomic mass is 16.5. The number of aromatic hydroxyl groups is 1. The van der Waals surface area contributed by atoms with Gasteiger partial charge in [0.25, 0.3) is 0 Å². The molecular formula is C10H12O3. The van der Waals surface area contributed by atoms with Crippen LogP contribution in [0.5, 0.6) is 11.5 Å². The van der Waals surface area contributed by atoms with Gasteiger partial charge in [0, 0.05) is 0 Å². The van der Waals surface area contributed by atoms with Crippen molar-refractivity contribution in [2.45, 2.75) is 13.8 Å². The molecule has 0 aromatic heterocycles. The molecule has 0 amide bonds. The fraction of sp³-hybridized carbons (Fsp3) is 0.300. The van der Waals surface area contributed by atoms with Crippen molar-refractivity contribution >= 4 is 5.78 Å².